The highest BCUT2D eigenvalue weighted by Crippen LogP contribution is 2.25. The Bertz CT molecular complexity index is 589. The third kappa shape index (κ3) is 5.64. The molecule has 0 aliphatic carbocycles. The zero-order valence-electron chi connectivity index (χ0n) is 14.9. The SMILES string of the molecule is CC[C@@H](N[C@@H](CO[Si](C)(C)C)c1ccccc1)c1ccc(C)o1. The minimum atomic E-state index is -1.55. The van der Waals surface area contributed by atoms with E-state index in [2.05, 4.69) is 62.2 Å². The van der Waals surface area contributed by atoms with Gasteiger partial charge in [-0.15, -0.1) is 0 Å². The number of aryl methyl sites for hydroxylation is 1. The summed E-state index contributed by atoms with van der Waals surface area (Å²) in [6.45, 7) is 11.5. The van der Waals surface area contributed by atoms with E-state index in [4.69, 9.17) is 8.84 Å². The fraction of sp³-hybridized carbons (Fsp3) is 0.474. The molecule has 0 amide bonds. The molecule has 4 heteroatoms. The molecule has 0 saturated carbocycles. The Morgan fingerprint density at radius 1 is 1.04 bits per heavy atom. The molecule has 3 nitrogen and oxygen atoms in total. The minimum Gasteiger partial charge on any atom is -0.465 e. The number of hydrogen-bond donors (Lipinski definition) is 1. The molecule has 23 heavy (non-hydrogen) atoms. The summed E-state index contributed by atoms with van der Waals surface area (Å²) in [6, 6.07) is 15.0. The third-order valence-electron chi connectivity index (χ3n) is 3.80. The topological polar surface area (TPSA) is 34.4 Å². The quantitative estimate of drug-likeness (QED) is 0.673. The molecule has 1 heterocycles. The van der Waals surface area contributed by atoms with Crippen molar-refractivity contribution in [1.82, 2.24) is 5.32 Å². The molecule has 2 aromatic rings. The highest BCUT2D eigenvalue weighted by Gasteiger charge is 2.22. The molecule has 0 aliphatic rings. The van der Waals surface area contributed by atoms with Crippen molar-refractivity contribution >= 4 is 8.32 Å². The van der Waals surface area contributed by atoms with E-state index >= 15 is 0 Å². The zero-order chi connectivity index (χ0) is 16.9. The van der Waals surface area contributed by atoms with Gasteiger partial charge in [0.1, 0.15) is 11.5 Å². The number of furan rings is 1. The van der Waals surface area contributed by atoms with Gasteiger partial charge in [0.2, 0.25) is 0 Å². The largest absolute Gasteiger partial charge is 0.465 e. The van der Waals surface area contributed by atoms with Gasteiger partial charge in [-0.1, -0.05) is 37.3 Å². The average molecular weight is 332 g/mol. The van der Waals surface area contributed by atoms with Crippen LogP contribution in [-0.4, -0.2) is 14.9 Å². The summed E-state index contributed by atoms with van der Waals surface area (Å²) in [7, 11) is -1.55. The Morgan fingerprint density at radius 3 is 2.26 bits per heavy atom. The van der Waals surface area contributed by atoms with Crippen molar-refractivity contribution in [3.63, 3.8) is 0 Å². The van der Waals surface area contributed by atoms with Gasteiger partial charge < -0.3 is 8.84 Å². The Hall–Kier alpha value is -1.36. The van der Waals surface area contributed by atoms with Crippen LogP contribution in [0.15, 0.2) is 46.9 Å². The Labute approximate surface area is 141 Å². The predicted octanol–water partition coefficient (Wildman–Crippen LogP) is 5.22. The van der Waals surface area contributed by atoms with Gasteiger partial charge in [0.25, 0.3) is 0 Å². The lowest BCUT2D eigenvalue weighted by Crippen LogP contribution is -2.34. The maximum Gasteiger partial charge on any atom is 0.183 e. The monoisotopic (exact) mass is 331 g/mol. The summed E-state index contributed by atoms with van der Waals surface area (Å²) in [4.78, 5) is 0. The molecule has 0 fully saturated rings. The lowest BCUT2D eigenvalue weighted by atomic mass is 10.0. The number of nitrogens with one attached hydrogen (secondary N) is 1. The van der Waals surface area contributed by atoms with Gasteiger partial charge in [0, 0.05) is 0 Å². The zero-order valence-corrected chi connectivity index (χ0v) is 15.9. The van der Waals surface area contributed by atoms with Crippen LogP contribution in [0.25, 0.3) is 0 Å². The van der Waals surface area contributed by atoms with E-state index in [9.17, 15) is 0 Å². The maximum absolute atomic E-state index is 6.18. The van der Waals surface area contributed by atoms with Crippen LogP contribution in [0.4, 0.5) is 0 Å². The van der Waals surface area contributed by atoms with E-state index in [1.807, 2.05) is 19.1 Å². The van der Waals surface area contributed by atoms with Crippen LogP contribution in [0.1, 0.15) is 42.5 Å². The van der Waals surface area contributed by atoms with Crippen molar-refractivity contribution in [2.45, 2.75) is 52.0 Å². The summed E-state index contributed by atoms with van der Waals surface area (Å²) in [6.07, 6.45) is 0.975. The maximum atomic E-state index is 6.18. The fourth-order valence-corrected chi connectivity index (χ4v) is 3.21. The van der Waals surface area contributed by atoms with Crippen LogP contribution in [0.5, 0.6) is 0 Å². The second kappa shape index (κ2) is 7.95. The smallest absolute Gasteiger partial charge is 0.183 e. The molecular formula is C19H29NO2Si. The van der Waals surface area contributed by atoms with Gasteiger partial charge in [-0.3, -0.25) is 5.32 Å². The predicted molar refractivity (Wildman–Crippen MR) is 98.1 cm³/mol. The van der Waals surface area contributed by atoms with Gasteiger partial charge in [-0.2, -0.15) is 0 Å². The van der Waals surface area contributed by atoms with E-state index in [1.165, 1.54) is 5.56 Å². The first-order chi connectivity index (χ1) is 10.9. The van der Waals surface area contributed by atoms with Crippen molar-refractivity contribution in [1.29, 1.82) is 0 Å². The first-order valence-electron chi connectivity index (χ1n) is 8.40. The van der Waals surface area contributed by atoms with E-state index in [0.29, 0.717) is 6.61 Å². The lowest BCUT2D eigenvalue weighted by Gasteiger charge is -2.27. The summed E-state index contributed by atoms with van der Waals surface area (Å²) in [5.74, 6) is 1.95. The van der Waals surface area contributed by atoms with Gasteiger partial charge in [0.05, 0.1) is 18.7 Å². The normalized spacial score (nSPS) is 14.7. The highest BCUT2D eigenvalue weighted by atomic mass is 28.4. The molecule has 1 N–H and O–H groups in total. The lowest BCUT2D eigenvalue weighted by molar-refractivity contribution is 0.238. The van der Waals surface area contributed by atoms with Crippen molar-refractivity contribution < 1.29 is 8.84 Å². The van der Waals surface area contributed by atoms with Crippen molar-refractivity contribution in [2.24, 2.45) is 0 Å². The highest BCUT2D eigenvalue weighted by molar-refractivity contribution is 6.69. The molecule has 2 rings (SSSR count). The average Bonchev–Trinajstić information content (AvgIpc) is 2.94. The number of benzene rings is 1. The summed E-state index contributed by atoms with van der Waals surface area (Å²) < 4.78 is 12.0. The number of hydrogen-bond acceptors (Lipinski definition) is 3. The van der Waals surface area contributed by atoms with E-state index < -0.39 is 8.32 Å². The fourth-order valence-electron chi connectivity index (χ4n) is 2.54. The van der Waals surface area contributed by atoms with Crippen LogP contribution >= 0.6 is 0 Å². The summed E-state index contributed by atoms with van der Waals surface area (Å²) in [5.41, 5.74) is 1.26. The van der Waals surface area contributed by atoms with Crippen LogP contribution in [0, 0.1) is 6.92 Å². The molecule has 0 spiro atoms. The van der Waals surface area contributed by atoms with Gasteiger partial charge in [0.15, 0.2) is 8.32 Å². The molecule has 2 atom stereocenters. The first-order valence-corrected chi connectivity index (χ1v) is 11.8. The summed E-state index contributed by atoms with van der Waals surface area (Å²) >= 11 is 0. The Balaban J connectivity index is 2.15. The second-order valence-electron chi connectivity index (χ2n) is 6.96. The van der Waals surface area contributed by atoms with Gasteiger partial charge >= 0.3 is 0 Å². The Morgan fingerprint density at radius 2 is 1.74 bits per heavy atom. The molecule has 0 unspecified atom stereocenters. The minimum absolute atomic E-state index is 0.165. The molecule has 1 aromatic carbocycles. The van der Waals surface area contributed by atoms with Crippen molar-refractivity contribution in [3.8, 4) is 0 Å². The third-order valence-corrected chi connectivity index (χ3v) is 4.83. The summed E-state index contributed by atoms with van der Waals surface area (Å²) in [5, 5.41) is 3.73. The first kappa shape index (κ1) is 18.0. The van der Waals surface area contributed by atoms with Crippen LogP contribution in [0.3, 0.4) is 0 Å². The van der Waals surface area contributed by atoms with Crippen LogP contribution in [-0.2, 0) is 4.43 Å². The molecule has 0 saturated heterocycles. The number of rotatable bonds is 8. The molecule has 0 bridgehead atoms. The van der Waals surface area contributed by atoms with Gasteiger partial charge in [-0.05, 0) is 50.7 Å². The Kier molecular flexibility index (Phi) is 6.22. The molecule has 0 radical (unpaired) electrons. The second-order valence-corrected chi connectivity index (χ2v) is 11.5. The molecule has 1 aromatic heterocycles. The van der Waals surface area contributed by atoms with Crippen molar-refractivity contribution in [2.75, 3.05) is 6.61 Å². The van der Waals surface area contributed by atoms with E-state index in [-0.39, 0.29) is 12.1 Å². The van der Waals surface area contributed by atoms with E-state index in [1.54, 1.807) is 0 Å². The van der Waals surface area contributed by atoms with Gasteiger partial charge in [-0.25, -0.2) is 0 Å². The standard InChI is InChI=1S/C19H29NO2Si/c1-6-17(19-13-12-15(2)22-19)20-18(14-21-23(3,4)5)16-10-8-7-9-11-16/h7-13,17-18,20H,6,14H2,1-5H3/t17-,18+/m1/s1. The van der Waals surface area contributed by atoms with E-state index in [0.717, 1.165) is 17.9 Å². The molecule has 0 aliphatic heterocycles. The molecular weight excluding hydrogens is 302 g/mol. The molecule has 126 valence electrons. The van der Waals surface area contributed by atoms with Crippen molar-refractivity contribution in [3.05, 3.63) is 59.5 Å². The van der Waals surface area contributed by atoms with Crippen LogP contribution < -0.4 is 5.32 Å². The van der Waals surface area contributed by atoms with Crippen LogP contribution in [0.2, 0.25) is 19.6 Å².